The van der Waals surface area contributed by atoms with E-state index in [4.69, 9.17) is 23.2 Å². The van der Waals surface area contributed by atoms with E-state index in [1.807, 2.05) is 72.8 Å². The molecule has 0 aliphatic carbocycles. The Balaban J connectivity index is 1.52. The van der Waals surface area contributed by atoms with Gasteiger partial charge in [-0.1, -0.05) is 102 Å². The molecule has 3 N–H and O–H groups in total. The number of rotatable bonds is 11. The molecule has 0 aliphatic rings. The van der Waals surface area contributed by atoms with Gasteiger partial charge in [0.15, 0.2) is 0 Å². The molecule has 4 aromatic carbocycles. The fraction of sp³-hybridized carbons (Fsp3) is 0.0938. The first-order valence-electron chi connectivity index (χ1n) is 12.6. The average molecular weight is 606 g/mol. The number of halogens is 2. The molecule has 2 amide bonds. The minimum Gasteiger partial charge on any atom is -0.480 e. The molecule has 0 radical (unpaired) electrons. The number of hydrogen-bond acceptors (Lipinski definition) is 4. The maximum Gasteiger partial charge on any atom is 0.327 e. The van der Waals surface area contributed by atoms with Crippen LogP contribution in [0.2, 0.25) is 10.0 Å². The third kappa shape index (κ3) is 8.72. The van der Waals surface area contributed by atoms with E-state index in [0.29, 0.717) is 21.9 Å². The predicted octanol–water partition coefficient (Wildman–Crippen LogP) is 6.93. The molecule has 0 aromatic heterocycles. The zero-order valence-electron chi connectivity index (χ0n) is 21.7. The van der Waals surface area contributed by atoms with Gasteiger partial charge in [-0.15, -0.1) is 0 Å². The average Bonchev–Trinajstić information content (AvgIpc) is 2.98. The predicted molar refractivity (Wildman–Crippen MR) is 166 cm³/mol. The largest absolute Gasteiger partial charge is 0.480 e. The summed E-state index contributed by atoms with van der Waals surface area (Å²) in [5, 5.41) is 15.6. The first kappa shape index (κ1) is 29.9. The fourth-order valence-electron chi connectivity index (χ4n) is 3.85. The van der Waals surface area contributed by atoms with Gasteiger partial charge in [0.1, 0.15) is 11.7 Å². The van der Waals surface area contributed by atoms with Crippen LogP contribution in [0.3, 0.4) is 0 Å². The summed E-state index contributed by atoms with van der Waals surface area (Å²) in [6.07, 6.45) is 1.39. The number of nitrogens with one attached hydrogen (secondary N) is 2. The molecule has 0 saturated heterocycles. The second kappa shape index (κ2) is 14.6. The molecule has 0 spiro atoms. The summed E-state index contributed by atoms with van der Waals surface area (Å²) >= 11 is 13.7. The third-order valence-corrected chi connectivity index (χ3v) is 7.68. The summed E-state index contributed by atoms with van der Waals surface area (Å²) in [5.74, 6) is -1.79. The number of carboxylic acids is 1. The molecular formula is C32H26Cl2N2O4S. The Morgan fingerprint density at radius 3 is 2.10 bits per heavy atom. The van der Waals surface area contributed by atoms with E-state index in [-0.39, 0.29) is 16.5 Å². The summed E-state index contributed by atoms with van der Waals surface area (Å²) < 4.78 is 0. The van der Waals surface area contributed by atoms with E-state index >= 15 is 0 Å². The molecular weight excluding hydrogens is 579 g/mol. The lowest BCUT2D eigenvalue weighted by molar-refractivity contribution is -0.140. The van der Waals surface area contributed by atoms with Gasteiger partial charge in [0.2, 0.25) is 0 Å². The molecule has 41 heavy (non-hydrogen) atoms. The first-order valence-corrected chi connectivity index (χ1v) is 14.5. The highest BCUT2D eigenvalue weighted by atomic mass is 35.5. The van der Waals surface area contributed by atoms with Crippen molar-refractivity contribution in [3.8, 4) is 11.1 Å². The van der Waals surface area contributed by atoms with Crippen LogP contribution >= 0.6 is 35.0 Å². The highest BCUT2D eigenvalue weighted by Gasteiger charge is 2.23. The van der Waals surface area contributed by atoms with Crippen LogP contribution in [0.25, 0.3) is 17.2 Å². The Hall–Kier alpha value is -4.04. The molecule has 4 rings (SSSR count). The second-order valence-electron chi connectivity index (χ2n) is 8.99. The van der Waals surface area contributed by atoms with Gasteiger partial charge >= 0.3 is 5.97 Å². The van der Waals surface area contributed by atoms with Crippen molar-refractivity contribution in [2.75, 3.05) is 5.75 Å². The highest BCUT2D eigenvalue weighted by Crippen LogP contribution is 2.24. The topological polar surface area (TPSA) is 95.5 Å². The fourth-order valence-corrected chi connectivity index (χ4v) is 5.32. The smallest absolute Gasteiger partial charge is 0.327 e. The van der Waals surface area contributed by atoms with Gasteiger partial charge in [0.25, 0.3) is 11.8 Å². The van der Waals surface area contributed by atoms with Crippen molar-refractivity contribution in [3.05, 3.63) is 136 Å². The van der Waals surface area contributed by atoms with E-state index in [2.05, 4.69) is 10.6 Å². The number of carbonyl (C=O) groups is 3. The number of carbonyl (C=O) groups excluding carboxylic acids is 2. The van der Waals surface area contributed by atoms with Crippen molar-refractivity contribution >= 4 is 58.8 Å². The van der Waals surface area contributed by atoms with Crippen LogP contribution in [0.5, 0.6) is 0 Å². The number of hydrogen-bond donors (Lipinski definition) is 3. The van der Waals surface area contributed by atoms with Crippen molar-refractivity contribution in [1.82, 2.24) is 10.6 Å². The number of benzene rings is 4. The minimum atomic E-state index is -1.19. The van der Waals surface area contributed by atoms with Gasteiger partial charge in [-0.25, -0.2) is 4.79 Å². The van der Waals surface area contributed by atoms with Crippen LogP contribution in [0.4, 0.5) is 0 Å². The lowest BCUT2D eigenvalue weighted by Gasteiger charge is -2.17. The Morgan fingerprint density at radius 2 is 1.46 bits per heavy atom. The molecule has 4 aromatic rings. The summed E-state index contributed by atoms with van der Waals surface area (Å²) in [4.78, 5) is 38.5. The number of carboxylic acid groups (broad SMARTS) is 1. The van der Waals surface area contributed by atoms with Crippen LogP contribution in [0.15, 0.2) is 109 Å². The molecule has 0 bridgehead atoms. The standard InChI is InChI=1S/C32H26Cl2N2O4S/c33-26-16-15-25(27(34)18-26)17-28(31(38)36-29(32(39)40)20-41-19-21-7-3-1-4-8-21)35-30(37)24-13-11-23(12-14-24)22-9-5-2-6-10-22/h1-18,29H,19-20H2,(H,35,37)(H,36,38)(H,39,40)/b28-17+/t29-/m0/s1. The quantitative estimate of drug-likeness (QED) is 0.161. The lowest BCUT2D eigenvalue weighted by Crippen LogP contribution is -2.45. The summed E-state index contributed by atoms with van der Waals surface area (Å²) in [6.45, 7) is 0. The van der Waals surface area contributed by atoms with E-state index in [1.165, 1.54) is 23.9 Å². The van der Waals surface area contributed by atoms with Crippen LogP contribution in [0, 0.1) is 0 Å². The number of thioether (sulfide) groups is 1. The van der Waals surface area contributed by atoms with Crippen LogP contribution in [0.1, 0.15) is 21.5 Å². The van der Waals surface area contributed by atoms with E-state index in [0.717, 1.165) is 16.7 Å². The van der Waals surface area contributed by atoms with Crippen molar-refractivity contribution in [3.63, 3.8) is 0 Å². The number of aliphatic carboxylic acids is 1. The Labute approximate surface area is 252 Å². The molecule has 208 valence electrons. The maximum absolute atomic E-state index is 13.3. The SMILES string of the molecule is O=C(N[C@@H](CSCc1ccccc1)C(=O)O)/C(=C\c1ccc(Cl)cc1Cl)NC(=O)c1ccc(-c2ccccc2)cc1. The Morgan fingerprint density at radius 1 is 0.829 bits per heavy atom. The van der Waals surface area contributed by atoms with Gasteiger partial charge in [-0.3, -0.25) is 9.59 Å². The minimum absolute atomic E-state index is 0.125. The normalized spacial score (nSPS) is 11.9. The Bertz CT molecular complexity index is 1550. The molecule has 0 aliphatic heterocycles. The molecule has 0 saturated carbocycles. The molecule has 0 heterocycles. The highest BCUT2D eigenvalue weighted by molar-refractivity contribution is 7.98. The molecule has 0 fully saturated rings. The van der Waals surface area contributed by atoms with Gasteiger partial charge in [0.05, 0.1) is 0 Å². The summed E-state index contributed by atoms with van der Waals surface area (Å²) in [6, 6.07) is 29.8. The lowest BCUT2D eigenvalue weighted by atomic mass is 10.0. The van der Waals surface area contributed by atoms with E-state index in [1.54, 1.807) is 24.3 Å². The maximum atomic E-state index is 13.3. The zero-order valence-corrected chi connectivity index (χ0v) is 24.0. The van der Waals surface area contributed by atoms with Crippen LogP contribution in [-0.4, -0.2) is 34.7 Å². The van der Waals surface area contributed by atoms with E-state index in [9.17, 15) is 19.5 Å². The van der Waals surface area contributed by atoms with Crippen LogP contribution in [-0.2, 0) is 15.3 Å². The molecule has 0 unspecified atom stereocenters. The van der Waals surface area contributed by atoms with Gasteiger partial charge in [0, 0.05) is 27.1 Å². The van der Waals surface area contributed by atoms with Crippen molar-refractivity contribution in [1.29, 1.82) is 0 Å². The van der Waals surface area contributed by atoms with Gasteiger partial charge in [-0.05, 0) is 52.6 Å². The molecule has 1 atom stereocenters. The zero-order chi connectivity index (χ0) is 29.2. The number of amides is 2. The molecule has 6 nitrogen and oxygen atoms in total. The van der Waals surface area contributed by atoms with Crippen molar-refractivity contribution in [2.45, 2.75) is 11.8 Å². The monoisotopic (exact) mass is 604 g/mol. The van der Waals surface area contributed by atoms with Gasteiger partial charge < -0.3 is 15.7 Å². The van der Waals surface area contributed by atoms with Gasteiger partial charge in [-0.2, -0.15) is 11.8 Å². The third-order valence-electron chi connectivity index (χ3n) is 6.01. The second-order valence-corrected chi connectivity index (χ2v) is 10.9. The summed E-state index contributed by atoms with van der Waals surface area (Å²) in [5.41, 5.74) is 3.55. The first-order chi connectivity index (χ1) is 19.8. The Kier molecular flexibility index (Phi) is 10.6. The van der Waals surface area contributed by atoms with Crippen LogP contribution < -0.4 is 10.6 Å². The van der Waals surface area contributed by atoms with E-state index < -0.39 is 23.8 Å². The van der Waals surface area contributed by atoms with Crippen molar-refractivity contribution < 1.29 is 19.5 Å². The molecule has 9 heteroatoms. The van der Waals surface area contributed by atoms with Crippen molar-refractivity contribution in [2.24, 2.45) is 0 Å². The summed E-state index contributed by atoms with van der Waals surface area (Å²) in [7, 11) is 0.